The number of nitrogens with zero attached hydrogens (tertiary/aromatic N) is 3. The summed E-state index contributed by atoms with van der Waals surface area (Å²) in [6.07, 6.45) is -2.12. The molecule has 13 heteroatoms. The van der Waals surface area contributed by atoms with Crippen LogP contribution in [-0.4, -0.2) is 60.7 Å². The Labute approximate surface area is 233 Å². The zero-order chi connectivity index (χ0) is 29.1. The van der Waals surface area contributed by atoms with Crippen molar-refractivity contribution >= 4 is 17.5 Å². The Hall–Kier alpha value is -3.97. The molecule has 9 nitrogen and oxygen atoms in total. The molecular weight excluding hydrogens is 546 g/mol. The van der Waals surface area contributed by atoms with Crippen molar-refractivity contribution in [3.05, 3.63) is 64.6 Å². The Bertz CT molecular complexity index is 1430. The number of alkyl halides is 3. The molecule has 0 bridgehead atoms. The molecule has 2 aromatic carbocycles. The largest absolute Gasteiger partial charge is 0.495 e. The van der Waals surface area contributed by atoms with Gasteiger partial charge in [-0.1, -0.05) is 12.1 Å². The number of piperidine rings is 1. The van der Waals surface area contributed by atoms with E-state index in [0.717, 1.165) is 37.6 Å². The number of nitrogens with one attached hydrogen (secondary N) is 2. The number of carbonyl (C=O) groups excluding carboxylic acids is 1. The van der Waals surface area contributed by atoms with Gasteiger partial charge in [0.15, 0.2) is 0 Å². The summed E-state index contributed by atoms with van der Waals surface area (Å²) in [4.78, 5) is 22.7. The van der Waals surface area contributed by atoms with Crippen molar-refractivity contribution in [3.63, 3.8) is 0 Å². The molecular formula is C28H29F4N5O4. The SMILES string of the molecule is COc1cc(C(=O)NC2CCN(C)CC2)c(F)cc1Nc1ncc(C(F)(F)F)c(Oc2cccc3c2COCC3)n1. The number of methoxy groups -OCH3 is 1. The number of halogens is 4. The lowest BCUT2D eigenvalue weighted by molar-refractivity contribution is -0.139. The number of rotatable bonds is 7. The van der Waals surface area contributed by atoms with Crippen molar-refractivity contribution in [1.82, 2.24) is 20.2 Å². The normalized spacial score (nSPS) is 16.1. The Morgan fingerprint density at radius 1 is 1.17 bits per heavy atom. The number of aromatic nitrogens is 2. The molecule has 0 spiro atoms. The third-order valence-corrected chi connectivity index (χ3v) is 7.09. The van der Waals surface area contributed by atoms with Gasteiger partial charge in [0.05, 0.1) is 31.6 Å². The molecule has 1 saturated heterocycles. The second kappa shape index (κ2) is 11.9. The van der Waals surface area contributed by atoms with Crippen LogP contribution in [0.2, 0.25) is 0 Å². The van der Waals surface area contributed by atoms with Crippen LogP contribution in [0.5, 0.6) is 17.4 Å². The molecule has 1 aromatic heterocycles. The lowest BCUT2D eigenvalue weighted by atomic mass is 10.0. The summed E-state index contributed by atoms with van der Waals surface area (Å²) in [7, 11) is 3.31. The number of fused-ring (bicyclic) bond motifs is 1. The zero-order valence-electron chi connectivity index (χ0n) is 22.5. The summed E-state index contributed by atoms with van der Waals surface area (Å²) in [6.45, 7) is 2.33. The van der Waals surface area contributed by atoms with Crippen LogP contribution in [0.4, 0.5) is 29.2 Å². The summed E-state index contributed by atoms with van der Waals surface area (Å²) in [5.41, 5.74) is 0.154. The van der Waals surface area contributed by atoms with Crippen molar-refractivity contribution in [1.29, 1.82) is 0 Å². The van der Waals surface area contributed by atoms with Crippen molar-refractivity contribution in [2.24, 2.45) is 0 Å². The predicted molar refractivity (Wildman–Crippen MR) is 141 cm³/mol. The summed E-state index contributed by atoms with van der Waals surface area (Å²) in [5.74, 6) is -2.21. The number of ether oxygens (including phenoxy) is 3. The van der Waals surface area contributed by atoms with Gasteiger partial charge in [0.25, 0.3) is 5.91 Å². The molecule has 0 radical (unpaired) electrons. The topological polar surface area (TPSA) is 97.8 Å². The Morgan fingerprint density at radius 2 is 1.95 bits per heavy atom. The smallest absolute Gasteiger partial charge is 0.423 e. The summed E-state index contributed by atoms with van der Waals surface area (Å²) < 4.78 is 73.0. The van der Waals surface area contributed by atoms with Crippen LogP contribution in [0.1, 0.15) is 39.9 Å². The number of benzene rings is 2. The lowest BCUT2D eigenvalue weighted by Gasteiger charge is -2.29. The van der Waals surface area contributed by atoms with Crippen molar-refractivity contribution < 1.29 is 36.6 Å². The van der Waals surface area contributed by atoms with E-state index in [0.29, 0.717) is 24.8 Å². The highest BCUT2D eigenvalue weighted by Crippen LogP contribution is 2.39. The van der Waals surface area contributed by atoms with E-state index in [-0.39, 0.29) is 41.3 Å². The van der Waals surface area contributed by atoms with Gasteiger partial charge in [-0.15, -0.1) is 0 Å². The van der Waals surface area contributed by atoms with Crippen molar-refractivity contribution in [2.75, 3.05) is 39.2 Å². The van der Waals surface area contributed by atoms with Crippen molar-refractivity contribution in [3.8, 4) is 17.4 Å². The Kier molecular flexibility index (Phi) is 8.27. The van der Waals surface area contributed by atoms with Crippen LogP contribution in [-0.2, 0) is 23.9 Å². The standard InChI is InChI=1S/C28H29F4N5O4/c1-37-9-6-17(7-10-37)34-25(38)18-12-24(39-2)22(13-21(18)29)35-27-33-14-20(28(30,31)32)26(36-27)41-23-5-3-4-16-8-11-40-15-19(16)23/h3-5,12-14,17H,6-11,15H2,1-2H3,(H,34,38)(H,33,35,36). The Balaban J connectivity index is 1.41. The molecule has 218 valence electrons. The molecule has 0 unspecified atom stereocenters. The minimum atomic E-state index is -4.80. The zero-order valence-corrected chi connectivity index (χ0v) is 22.5. The van der Waals surface area contributed by atoms with E-state index in [1.807, 2.05) is 13.1 Å². The molecule has 0 aliphatic carbocycles. The fraction of sp³-hybridized carbons (Fsp3) is 0.393. The maximum atomic E-state index is 15.1. The molecule has 2 N–H and O–H groups in total. The van der Waals surface area contributed by atoms with Crippen LogP contribution in [0.3, 0.4) is 0 Å². The molecule has 2 aliphatic heterocycles. The third kappa shape index (κ3) is 6.51. The maximum Gasteiger partial charge on any atom is 0.423 e. The van der Waals surface area contributed by atoms with E-state index in [4.69, 9.17) is 14.2 Å². The van der Waals surface area contributed by atoms with Crippen molar-refractivity contribution in [2.45, 2.75) is 38.1 Å². The van der Waals surface area contributed by atoms with E-state index < -0.39 is 29.3 Å². The van der Waals surface area contributed by atoms with Crippen LogP contribution in [0.15, 0.2) is 36.5 Å². The first-order valence-electron chi connectivity index (χ1n) is 13.1. The van der Waals surface area contributed by atoms with E-state index in [9.17, 15) is 18.0 Å². The fourth-order valence-corrected chi connectivity index (χ4v) is 4.79. The predicted octanol–water partition coefficient (Wildman–Crippen LogP) is 5.08. The van der Waals surface area contributed by atoms with Crippen LogP contribution >= 0.6 is 0 Å². The van der Waals surface area contributed by atoms with E-state index >= 15 is 4.39 Å². The van der Waals surface area contributed by atoms with Gasteiger partial charge in [-0.05, 0) is 57.1 Å². The average molecular weight is 576 g/mol. The van der Waals surface area contributed by atoms with Gasteiger partial charge in [0.1, 0.15) is 22.9 Å². The van der Waals surface area contributed by atoms with Gasteiger partial charge < -0.3 is 29.7 Å². The lowest BCUT2D eigenvalue weighted by Crippen LogP contribution is -2.43. The molecule has 0 saturated carbocycles. The highest BCUT2D eigenvalue weighted by molar-refractivity contribution is 5.96. The van der Waals surface area contributed by atoms with Crippen LogP contribution < -0.4 is 20.1 Å². The fourth-order valence-electron chi connectivity index (χ4n) is 4.79. The summed E-state index contributed by atoms with van der Waals surface area (Å²) >= 11 is 0. The molecule has 1 amide bonds. The first-order valence-corrected chi connectivity index (χ1v) is 13.1. The molecule has 3 heterocycles. The van der Waals surface area contributed by atoms with Gasteiger partial charge in [-0.2, -0.15) is 18.2 Å². The van der Waals surface area contributed by atoms with Gasteiger partial charge in [-0.25, -0.2) is 9.37 Å². The molecule has 2 aliphatic rings. The second-order valence-electron chi connectivity index (χ2n) is 9.92. The first kappa shape index (κ1) is 28.6. The highest BCUT2D eigenvalue weighted by Gasteiger charge is 2.37. The van der Waals surface area contributed by atoms with Crippen LogP contribution in [0, 0.1) is 5.82 Å². The number of amides is 1. The first-order chi connectivity index (χ1) is 19.6. The van der Waals surface area contributed by atoms with Crippen LogP contribution in [0.25, 0.3) is 0 Å². The van der Waals surface area contributed by atoms with Gasteiger partial charge in [-0.3, -0.25) is 4.79 Å². The van der Waals surface area contributed by atoms with E-state index in [1.165, 1.54) is 19.2 Å². The third-order valence-electron chi connectivity index (χ3n) is 7.09. The molecule has 41 heavy (non-hydrogen) atoms. The molecule has 0 atom stereocenters. The number of hydrogen-bond acceptors (Lipinski definition) is 8. The minimum Gasteiger partial charge on any atom is -0.495 e. The summed E-state index contributed by atoms with van der Waals surface area (Å²) in [6, 6.07) is 7.24. The quantitative estimate of drug-likeness (QED) is 0.377. The Morgan fingerprint density at radius 3 is 2.68 bits per heavy atom. The van der Waals surface area contributed by atoms with E-state index in [1.54, 1.807) is 6.07 Å². The molecule has 5 rings (SSSR count). The summed E-state index contributed by atoms with van der Waals surface area (Å²) in [5, 5.41) is 5.54. The number of anilines is 2. The number of likely N-dealkylation sites (tertiary alicyclic amines) is 1. The minimum absolute atomic E-state index is 0.0111. The van der Waals surface area contributed by atoms with Gasteiger partial charge >= 0.3 is 6.18 Å². The molecule has 1 fully saturated rings. The molecule has 3 aromatic rings. The van der Waals surface area contributed by atoms with Gasteiger partial charge in [0.2, 0.25) is 11.8 Å². The second-order valence-corrected chi connectivity index (χ2v) is 9.92. The highest BCUT2D eigenvalue weighted by atomic mass is 19.4. The monoisotopic (exact) mass is 575 g/mol. The van der Waals surface area contributed by atoms with E-state index in [2.05, 4.69) is 25.5 Å². The maximum absolute atomic E-state index is 15.1. The van der Waals surface area contributed by atoms with Gasteiger partial charge in [0, 0.05) is 23.9 Å². The average Bonchev–Trinajstić information content (AvgIpc) is 2.94. The number of hydrogen-bond donors (Lipinski definition) is 2. The number of carbonyl (C=O) groups is 1.